The van der Waals surface area contributed by atoms with E-state index in [2.05, 4.69) is 14.9 Å². The number of piperazine rings is 1. The molecule has 142 valence electrons. The highest BCUT2D eigenvalue weighted by molar-refractivity contribution is 7.91. The Kier molecular flexibility index (Phi) is 4.69. The van der Waals surface area contributed by atoms with Gasteiger partial charge >= 0.3 is 0 Å². The minimum absolute atomic E-state index is 0.0159. The maximum Gasteiger partial charge on any atom is 0.272 e. The van der Waals surface area contributed by atoms with Crippen LogP contribution in [0.4, 0.5) is 0 Å². The van der Waals surface area contributed by atoms with Gasteiger partial charge in [-0.3, -0.25) is 14.7 Å². The molecule has 2 fully saturated rings. The maximum atomic E-state index is 13.0. The van der Waals surface area contributed by atoms with Crippen molar-refractivity contribution in [1.82, 2.24) is 19.8 Å². The third kappa shape index (κ3) is 3.72. The number of carbonyl (C=O) groups excluding carboxylic acids is 1. The standard InChI is InChI=1S/C19H22N4O3S/c1-14-3-2-4-16(21-14)19(24)23-10-9-22(11-15-5-7-20-8-6-15)17-12-27(25,26)13-18(17)23/h2-8,17-18H,9-13H2,1H3/t17-,18+/m1/s1. The van der Waals surface area contributed by atoms with E-state index in [1.54, 1.807) is 29.4 Å². The number of fused-ring (bicyclic) bond motifs is 1. The molecule has 0 aromatic carbocycles. The number of nitrogens with zero attached hydrogens (tertiary/aromatic N) is 4. The van der Waals surface area contributed by atoms with Gasteiger partial charge < -0.3 is 4.90 Å². The van der Waals surface area contributed by atoms with Gasteiger partial charge in [0, 0.05) is 43.8 Å². The van der Waals surface area contributed by atoms with Crippen LogP contribution in [0.15, 0.2) is 42.7 Å². The Balaban J connectivity index is 1.59. The van der Waals surface area contributed by atoms with Gasteiger partial charge in [-0.15, -0.1) is 0 Å². The fourth-order valence-electron chi connectivity index (χ4n) is 4.01. The lowest BCUT2D eigenvalue weighted by atomic mass is 10.0. The molecule has 0 bridgehead atoms. The van der Waals surface area contributed by atoms with Gasteiger partial charge in [-0.1, -0.05) is 6.07 Å². The molecular weight excluding hydrogens is 364 g/mol. The van der Waals surface area contributed by atoms with Crippen LogP contribution < -0.4 is 0 Å². The first kappa shape index (κ1) is 18.1. The number of sulfone groups is 1. The van der Waals surface area contributed by atoms with E-state index in [-0.39, 0.29) is 29.5 Å². The Morgan fingerprint density at radius 3 is 2.59 bits per heavy atom. The molecule has 4 rings (SSSR count). The van der Waals surface area contributed by atoms with Gasteiger partial charge in [0.1, 0.15) is 5.69 Å². The van der Waals surface area contributed by atoms with Crippen molar-refractivity contribution in [3.8, 4) is 0 Å². The first-order valence-electron chi connectivity index (χ1n) is 9.01. The number of aromatic nitrogens is 2. The zero-order valence-electron chi connectivity index (χ0n) is 15.2. The molecule has 2 aromatic rings. The van der Waals surface area contributed by atoms with Crippen molar-refractivity contribution in [1.29, 1.82) is 0 Å². The van der Waals surface area contributed by atoms with E-state index in [1.165, 1.54) is 0 Å². The van der Waals surface area contributed by atoms with Crippen LogP contribution in [0.5, 0.6) is 0 Å². The average molecular weight is 386 g/mol. The summed E-state index contributed by atoms with van der Waals surface area (Å²) in [6.45, 7) is 3.63. The topological polar surface area (TPSA) is 83.5 Å². The van der Waals surface area contributed by atoms with Crippen molar-refractivity contribution >= 4 is 15.7 Å². The van der Waals surface area contributed by atoms with Crippen molar-refractivity contribution in [2.75, 3.05) is 24.6 Å². The third-order valence-electron chi connectivity index (χ3n) is 5.29. The van der Waals surface area contributed by atoms with Crippen LogP contribution in [0.1, 0.15) is 21.7 Å². The van der Waals surface area contributed by atoms with Crippen LogP contribution in [0, 0.1) is 6.92 Å². The zero-order valence-corrected chi connectivity index (χ0v) is 16.0. The number of hydrogen-bond acceptors (Lipinski definition) is 6. The van der Waals surface area contributed by atoms with E-state index in [1.807, 2.05) is 25.1 Å². The summed E-state index contributed by atoms with van der Waals surface area (Å²) < 4.78 is 24.7. The summed E-state index contributed by atoms with van der Waals surface area (Å²) in [4.78, 5) is 25.3. The first-order chi connectivity index (χ1) is 12.9. The molecule has 4 heterocycles. The summed E-state index contributed by atoms with van der Waals surface area (Å²) in [6.07, 6.45) is 3.47. The molecule has 0 N–H and O–H groups in total. The molecule has 0 radical (unpaired) electrons. The molecule has 8 heteroatoms. The second-order valence-corrected chi connectivity index (χ2v) is 9.35. The number of amides is 1. The fourth-order valence-corrected chi connectivity index (χ4v) is 6.02. The molecule has 2 saturated heterocycles. The Hall–Kier alpha value is -2.32. The number of aryl methyl sites for hydroxylation is 1. The summed E-state index contributed by atoms with van der Waals surface area (Å²) in [7, 11) is -3.18. The lowest BCUT2D eigenvalue weighted by molar-refractivity contribution is 0.0301. The molecule has 2 aromatic heterocycles. The van der Waals surface area contributed by atoms with Crippen LogP contribution in [-0.2, 0) is 16.4 Å². The minimum Gasteiger partial charge on any atom is -0.330 e. The van der Waals surface area contributed by atoms with Gasteiger partial charge in [0.2, 0.25) is 0 Å². The lowest BCUT2D eigenvalue weighted by Gasteiger charge is -2.43. The van der Waals surface area contributed by atoms with Crippen molar-refractivity contribution in [3.05, 3.63) is 59.7 Å². The van der Waals surface area contributed by atoms with E-state index < -0.39 is 9.84 Å². The Bertz CT molecular complexity index is 948. The van der Waals surface area contributed by atoms with Crippen molar-refractivity contribution < 1.29 is 13.2 Å². The normalized spacial score (nSPS) is 24.6. The summed E-state index contributed by atoms with van der Waals surface area (Å²) in [6, 6.07) is 8.69. The van der Waals surface area contributed by atoms with Gasteiger partial charge in [-0.2, -0.15) is 0 Å². The van der Waals surface area contributed by atoms with Crippen molar-refractivity contribution in [3.63, 3.8) is 0 Å². The smallest absolute Gasteiger partial charge is 0.272 e. The van der Waals surface area contributed by atoms with Crippen LogP contribution in [-0.4, -0.2) is 70.8 Å². The van der Waals surface area contributed by atoms with E-state index >= 15 is 0 Å². The quantitative estimate of drug-likeness (QED) is 0.780. The van der Waals surface area contributed by atoms with E-state index in [9.17, 15) is 13.2 Å². The maximum absolute atomic E-state index is 13.0. The summed E-state index contributed by atoms with van der Waals surface area (Å²) in [5.41, 5.74) is 2.24. The highest BCUT2D eigenvalue weighted by atomic mass is 32.2. The number of pyridine rings is 2. The van der Waals surface area contributed by atoms with E-state index in [4.69, 9.17) is 0 Å². The molecule has 2 atom stereocenters. The van der Waals surface area contributed by atoms with Gasteiger partial charge in [0.05, 0.1) is 17.5 Å². The molecule has 0 unspecified atom stereocenters. The van der Waals surface area contributed by atoms with Gasteiger partial charge in [0.25, 0.3) is 5.91 Å². The molecule has 1 amide bonds. The largest absolute Gasteiger partial charge is 0.330 e. The van der Waals surface area contributed by atoms with E-state index in [0.29, 0.717) is 25.3 Å². The van der Waals surface area contributed by atoms with Gasteiger partial charge in [-0.25, -0.2) is 13.4 Å². The number of rotatable bonds is 3. The third-order valence-corrected chi connectivity index (χ3v) is 6.99. The van der Waals surface area contributed by atoms with E-state index in [0.717, 1.165) is 11.3 Å². The summed E-state index contributed by atoms with van der Waals surface area (Å²) >= 11 is 0. The van der Waals surface area contributed by atoms with Crippen LogP contribution in [0.2, 0.25) is 0 Å². The Labute approximate surface area is 159 Å². The Morgan fingerprint density at radius 2 is 1.85 bits per heavy atom. The molecule has 2 aliphatic rings. The van der Waals surface area contributed by atoms with Crippen LogP contribution >= 0.6 is 0 Å². The van der Waals surface area contributed by atoms with Crippen LogP contribution in [0.25, 0.3) is 0 Å². The van der Waals surface area contributed by atoms with Crippen molar-refractivity contribution in [2.45, 2.75) is 25.6 Å². The van der Waals surface area contributed by atoms with Crippen LogP contribution in [0.3, 0.4) is 0 Å². The summed E-state index contributed by atoms with van der Waals surface area (Å²) in [5, 5.41) is 0. The number of carbonyl (C=O) groups is 1. The predicted molar refractivity (Wildman–Crippen MR) is 101 cm³/mol. The molecule has 2 aliphatic heterocycles. The predicted octanol–water partition coefficient (Wildman–Crippen LogP) is 0.909. The number of hydrogen-bond donors (Lipinski definition) is 0. The molecule has 27 heavy (non-hydrogen) atoms. The molecule has 7 nitrogen and oxygen atoms in total. The SMILES string of the molecule is Cc1cccc(C(=O)N2CCN(Cc3ccncc3)[C@@H]3CS(=O)(=O)C[C@@H]32)n1. The first-order valence-corrected chi connectivity index (χ1v) is 10.8. The molecule has 0 spiro atoms. The Morgan fingerprint density at radius 1 is 1.11 bits per heavy atom. The summed E-state index contributed by atoms with van der Waals surface area (Å²) in [5.74, 6) is -0.0788. The zero-order chi connectivity index (χ0) is 19.0. The lowest BCUT2D eigenvalue weighted by Crippen LogP contribution is -2.60. The van der Waals surface area contributed by atoms with Gasteiger partial charge in [-0.05, 0) is 36.8 Å². The molecular formula is C19H22N4O3S. The second-order valence-electron chi connectivity index (χ2n) is 7.20. The van der Waals surface area contributed by atoms with Gasteiger partial charge in [0.15, 0.2) is 9.84 Å². The van der Waals surface area contributed by atoms with Crippen molar-refractivity contribution in [2.24, 2.45) is 0 Å². The minimum atomic E-state index is -3.18. The highest BCUT2D eigenvalue weighted by Crippen LogP contribution is 2.29. The fraction of sp³-hybridized carbons (Fsp3) is 0.421. The second kappa shape index (κ2) is 7.01. The average Bonchev–Trinajstić information content (AvgIpc) is 2.98. The highest BCUT2D eigenvalue weighted by Gasteiger charge is 2.48. The molecule has 0 aliphatic carbocycles. The molecule has 0 saturated carbocycles. The monoisotopic (exact) mass is 386 g/mol.